The molecule has 0 aliphatic heterocycles. The van der Waals surface area contributed by atoms with E-state index >= 15 is 0 Å². The number of hydrogen-bond acceptors (Lipinski definition) is 3. The Kier molecular flexibility index (Phi) is 4.68. The van der Waals surface area contributed by atoms with Crippen molar-refractivity contribution in [2.24, 2.45) is 0 Å². The van der Waals surface area contributed by atoms with Gasteiger partial charge in [-0.1, -0.05) is 0 Å². The van der Waals surface area contributed by atoms with Crippen LogP contribution in [0, 0.1) is 35.4 Å². The highest BCUT2D eigenvalue weighted by atomic mass is 79.9. The smallest absolute Gasteiger partial charge is 0.145 e. The van der Waals surface area contributed by atoms with E-state index in [4.69, 9.17) is 10.5 Å². The number of hydrogen-bond donors (Lipinski definition) is 1. The Labute approximate surface area is 115 Å². The van der Waals surface area contributed by atoms with Crippen LogP contribution in [0.15, 0.2) is 26.8 Å². The molecule has 0 bridgehead atoms. The molecule has 0 aromatic heterocycles. The highest BCUT2D eigenvalue weighted by molar-refractivity contribution is 9.11. The van der Waals surface area contributed by atoms with Crippen LogP contribution < -0.4 is 5.32 Å². The molecule has 1 rings (SSSR count). The summed E-state index contributed by atoms with van der Waals surface area (Å²) in [6.07, 6.45) is 1.27. The Morgan fingerprint density at radius 2 is 2.00 bits per heavy atom. The molecular weight excluding hydrogens is 353 g/mol. The zero-order valence-electron chi connectivity index (χ0n) is 8.68. The second-order valence-electron chi connectivity index (χ2n) is 3.08. The fourth-order valence-corrected chi connectivity index (χ4v) is 2.35. The number of nitrogens with zero attached hydrogens (tertiary/aromatic N) is 2. The van der Waals surface area contributed by atoms with Crippen LogP contribution in [0.1, 0.15) is 5.56 Å². The molecule has 0 unspecified atom stereocenters. The van der Waals surface area contributed by atoms with E-state index in [0.717, 1.165) is 0 Å². The molecule has 0 spiro atoms. The lowest BCUT2D eigenvalue weighted by atomic mass is 10.2. The molecule has 0 aliphatic rings. The lowest BCUT2D eigenvalue weighted by Gasteiger charge is -2.10. The van der Waals surface area contributed by atoms with Crippen molar-refractivity contribution in [1.82, 2.24) is 0 Å². The summed E-state index contributed by atoms with van der Waals surface area (Å²) in [7, 11) is 0. The Morgan fingerprint density at radius 3 is 2.53 bits per heavy atom. The third-order valence-electron chi connectivity index (χ3n) is 2.00. The van der Waals surface area contributed by atoms with Crippen molar-refractivity contribution in [2.75, 3.05) is 5.32 Å². The summed E-state index contributed by atoms with van der Waals surface area (Å²) in [4.78, 5) is 0. The summed E-state index contributed by atoms with van der Waals surface area (Å²) in [5, 5.41) is 19.9. The maximum atomic E-state index is 13.3. The first-order valence-corrected chi connectivity index (χ1v) is 6.00. The molecule has 1 N–H and O–H groups in total. The van der Waals surface area contributed by atoms with Crippen LogP contribution in [-0.4, -0.2) is 0 Å². The van der Waals surface area contributed by atoms with Crippen LogP contribution in [0.4, 0.5) is 10.1 Å². The minimum Gasteiger partial charge on any atom is -0.358 e. The lowest BCUT2D eigenvalue weighted by molar-refractivity contribution is 0.616. The first-order chi connectivity index (χ1) is 8.01. The molecule has 17 heavy (non-hydrogen) atoms. The number of benzene rings is 1. The third kappa shape index (κ3) is 3.06. The highest BCUT2D eigenvalue weighted by Gasteiger charge is 2.11. The van der Waals surface area contributed by atoms with Gasteiger partial charge in [0, 0.05) is 20.7 Å². The molecule has 1 aromatic rings. The van der Waals surface area contributed by atoms with E-state index in [1.165, 1.54) is 12.3 Å². The predicted molar refractivity (Wildman–Crippen MR) is 69.5 cm³/mol. The Bertz CT molecular complexity index is 552. The van der Waals surface area contributed by atoms with Crippen molar-refractivity contribution in [3.05, 3.63) is 38.2 Å². The van der Waals surface area contributed by atoms with Crippen LogP contribution in [0.3, 0.4) is 0 Å². The number of allylic oxidation sites excluding steroid dienone is 1. The SMILES string of the molecule is Cc1c(F)cc(Br)c(NC=C(C#N)C#N)c1Br. The summed E-state index contributed by atoms with van der Waals surface area (Å²) in [5.41, 5.74) is 0.942. The molecule has 0 atom stereocenters. The second kappa shape index (κ2) is 5.81. The molecule has 0 aliphatic carbocycles. The average molecular weight is 359 g/mol. The number of rotatable bonds is 2. The average Bonchev–Trinajstić information content (AvgIpc) is 2.31. The minimum absolute atomic E-state index is 0.0641. The van der Waals surface area contributed by atoms with Crippen LogP contribution in [0.25, 0.3) is 0 Å². The van der Waals surface area contributed by atoms with Crippen LogP contribution in [-0.2, 0) is 0 Å². The van der Waals surface area contributed by atoms with E-state index in [1.807, 2.05) is 0 Å². The Hall–Kier alpha value is -1.37. The fraction of sp³-hybridized carbons (Fsp3) is 0.0909. The molecular formula is C11H6Br2FN3. The van der Waals surface area contributed by atoms with Crippen LogP contribution in [0.5, 0.6) is 0 Å². The molecule has 3 nitrogen and oxygen atoms in total. The van der Waals surface area contributed by atoms with Crippen molar-refractivity contribution in [3.63, 3.8) is 0 Å². The van der Waals surface area contributed by atoms with Crippen molar-refractivity contribution < 1.29 is 4.39 Å². The van der Waals surface area contributed by atoms with Gasteiger partial charge in [0.25, 0.3) is 0 Å². The van der Waals surface area contributed by atoms with E-state index in [-0.39, 0.29) is 11.4 Å². The van der Waals surface area contributed by atoms with Gasteiger partial charge in [0.15, 0.2) is 0 Å². The monoisotopic (exact) mass is 357 g/mol. The van der Waals surface area contributed by atoms with Gasteiger partial charge in [0.05, 0.1) is 5.69 Å². The number of nitrogens with one attached hydrogen (secondary N) is 1. The standard InChI is InChI=1S/C11H6Br2FN3/c1-6-9(14)2-8(12)11(10(6)13)17-5-7(3-15)4-16/h2,5,17H,1H3. The molecule has 0 saturated heterocycles. The summed E-state index contributed by atoms with van der Waals surface area (Å²) in [5.74, 6) is -0.348. The normalized spacial score (nSPS) is 9.06. The molecule has 6 heteroatoms. The molecule has 0 heterocycles. The maximum absolute atomic E-state index is 13.3. The van der Waals surface area contributed by atoms with E-state index in [9.17, 15) is 4.39 Å². The zero-order chi connectivity index (χ0) is 13.0. The number of halogens is 3. The first-order valence-electron chi connectivity index (χ1n) is 4.42. The molecule has 0 amide bonds. The summed E-state index contributed by atoms with van der Waals surface area (Å²) < 4.78 is 14.4. The van der Waals surface area contributed by atoms with E-state index in [1.54, 1.807) is 19.1 Å². The largest absolute Gasteiger partial charge is 0.358 e. The van der Waals surface area contributed by atoms with Crippen LogP contribution >= 0.6 is 31.9 Å². The van der Waals surface area contributed by atoms with Crippen LogP contribution in [0.2, 0.25) is 0 Å². The van der Waals surface area contributed by atoms with Crippen molar-refractivity contribution in [1.29, 1.82) is 10.5 Å². The maximum Gasteiger partial charge on any atom is 0.145 e. The lowest BCUT2D eigenvalue weighted by Crippen LogP contribution is -1.96. The highest BCUT2D eigenvalue weighted by Crippen LogP contribution is 2.35. The first kappa shape index (κ1) is 13.7. The molecule has 0 radical (unpaired) electrons. The van der Waals surface area contributed by atoms with Gasteiger partial charge in [-0.05, 0) is 44.8 Å². The summed E-state index contributed by atoms with van der Waals surface area (Å²) in [6, 6.07) is 4.75. The molecule has 86 valence electrons. The van der Waals surface area contributed by atoms with Gasteiger partial charge in [-0.3, -0.25) is 0 Å². The predicted octanol–water partition coefficient (Wildman–Crippen LogP) is 4.00. The van der Waals surface area contributed by atoms with Gasteiger partial charge < -0.3 is 5.32 Å². The number of anilines is 1. The topological polar surface area (TPSA) is 59.6 Å². The second-order valence-corrected chi connectivity index (χ2v) is 4.73. The van der Waals surface area contributed by atoms with Gasteiger partial charge >= 0.3 is 0 Å². The van der Waals surface area contributed by atoms with E-state index in [2.05, 4.69) is 37.2 Å². The summed E-state index contributed by atoms with van der Waals surface area (Å²) in [6.45, 7) is 1.62. The van der Waals surface area contributed by atoms with Gasteiger partial charge in [0.2, 0.25) is 0 Å². The zero-order valence-corrected chi connectivity index (χ0v) is 11.9. The minimum atomic E-state index is -0.348. The van der Waals surface area contributed by atoms with Crippen molar-refractivity contribution >= 4 is 37.5 Å². The van der Waals surface area contributed by atoms with Gasteiger partial charge in [-0.2, -0.15) is 10.5 Å². The Balaban J connectivity index is 3.18. The van der Waals surface area contributed by atoms with Crippen molar-refractivity contribution in [2.45, 2.75) is 6.92 Å². The summed E-state index contributed by atoms with van der Waals surface area (Å²) >= 11 is 6.45. The molecule has 1 aromatic carbocycles. The Morgan fingerprint density at radius 1 is 1.41 bits per heavy atom. The number of nitriles is 2. The molecule has 0 fully saturated rings. The third-order valence-corrected chi connectivity index (χ3v) is 3.62. The fourth-order valence-electron chi connectivity index (χ4n) is 1.06. The van der Waals surface area contributed by atoms with Crippen molar-refractivity contribution in [3.8, 4) is 12.1 Å². The quantitative estimate of drug-likeness (QED) is 0.813. The van der Waals surface area contributed by atoms with Gasteiger partial charge in [-0.25, -0.2) is 4.39 Å². The van der Waals surface area contributed by atoms with Gasteiger partial charge in [-0.15, -0.1) is 0 Å². The van der Waals surface area contributed by atoms with Gasteiger partial charge in [0.1, 0.15) is 23.5 Å². The van der Waals surface area contributed by atoms with E-state index < -0.39 is 0 Å². The van der Waals surface area contributed by atoms with E-state index in [0.29, 0.717) is 20.2 Å². The molecule has 0 saturated carbocycles.